The number of hydrogen-bond acceptors (Lipinski definition) is 5. The van der Waals surface area contributed by atoms with Crippen molar-refractivity contribution in [2.24, 2.45) is 17.8 Å². The number of likely N-dealkylation sites (tertiary alicyclic amines) is 1. The van der Waals surface area contributed by atoms with Crippen molar-refractivity contribution >= 4 is 18.3 Å². The van der Waals surface area contributed by atoms with Crippen LogP contribution < -0.4 is 10.6 Å². The molecule has 156 valence electrons. The van der Waals surface area contributed by atoms with Crippen LogP contribution in [-0.2, 0) is 9.53 Å². The summed E-state index contributed by atoms with van der Waals surface area (Å²) in [7, 11) is 0. The zero-order valence-corrected chi connectivity index (χ0v) is 16.4. The van der Waals surface area contributed by atoms with E-state index in [1.54, 1.807) is 17.2 Å². The summed E-state index contributed by atoms with van der Waals surface area (Å²) in [6, 6.07) is 2.89. The van der Waals surface area contributed by atoms with E-state index in [1.165, 1.54) is 6.07 Å². The van der Waals surface area contributed by atoms with E-state index in [9.17, 15) is 14.0 Å². The van der Waals surface area contributed by atoms with Crippen LogP contribution in [0.4, 0.5) is 15.0 Å². The number of pyridine rings is 1. The van der Waals surface area contributed by atoms with Crippen LogP contribution in [0.3, 0.4) is 0 Å². The van der Waals surface area contributed by atoms with Crippen molar-refractivity contribution in [3.05, 3.63) is 24.1 Å². The second-order valence-corrected chi connectivity index (χ2v) is 9.27. The topological polar surface area (TPSA) is 83.6 Å². The third-order valence-corrected chi connectivity index (χ3v) is 7.33. The number of rotatable bonds is 5. The summed E-state index contributed by atoms with van der Waals surface area (Å²) in [5, 5.41) is 6.17. The first-order valence-electron chi connectivity index (χ1n) is 10.6. The molecule has 0 aromatic carbocycles. The van der Waals surface area contributed by atoms with Gasteiger partial charge in [-0.05, 0) is 68.4 Å². The van der Waals surface area contributed by atoms with Crippen LogP contribution in [0.1, 0.15) is 38.5 Å². The number of nitrogens with zero attached hydrogens (tertiary/aromatic N) is 2. The number of hydrogen-bond donors (Lipinski definition) is 2. The van der Waals surface area contributed by atoms with Gasteiger partial charge in [-0.15, -0.1) is 0 Å². The maximum Gasteiger partial charge on any atom is 0.410 e. The fraction of sp³-hybridized carbons (Fsp3) is 0.667. The number of carbonyl (C=O) groups excluding carboxylic acids is 2. The van der Waals surface area contributed by atoms with Gasteiger partial charge in [-0.25, -0.2) is 14.2 Å². The van der Waals surface area contributed by atoms with E-state index in [4.69, 9.17) is 4.74 Å². The van der Waals surface area contributed by atoms with E-state index >= 15 is 0 Å². The van der Waals surface area contributed by atoms with Gasteiger partial charge in [0.1, 0.15) is 6.10 Å². The zero-order valence-electron chi connectivity index (χ0n) is 16.4. The molecule has 4 saturated carbocycles. The van der Waals surface area contributed by atoms with Gasteiger partial charge in [0.2, 0.25) is 6.41 Å². The Labute approximate surface area is 169 Å². The van der Waals surface area contributed by atoms with E-state index in [1.807, 2.05) is 0 Å². The molecule has 29 heavy (non-hydrogen) atoms. The second-order valence-electron chi connectivity index (χ2n) is 9.27. The van der Waals surface area contributed by atoms with Gasteiger partial charge in [0.05, 0.1) is 0 Å². The molecule has 4 aliphatic carbocycles. The molecule has 2 unspecified atom stereocenters. The number of carbonyl (C=O) groups is 2. The molecule has 2 N–H and O–H groups in total. The van der Waals surface area contributed by atoms with Gasteiger partial charge < -0.3 is 20.3 Å². The summed E-state index contributed by atoms with van der Waals surface area (Å²) in [5.74, 6) is 1.12. The maximum atomic E-state index is 13.8. The average molecular weight is 402 g/mol. The zero-order chi connectivity index (χ0) is 20.0. The monoisotopic (exact) mass is 402 g/mol. The van der Waals surface area contributed by atoms with Gasteiger partial charge in [-0.1, -0.05) is 0 Å². The van der Waals surface area contributed by atoms with Gasteiger partial charge in [0.25, 0.3) is 0 Å². The molecule has 3 atom stereocenters. The molecule has 1 aromatic rings. The van der Waals surface area contributed by atoms with Crippen molar-refractivity contribution in [3.8, 4) is 0 Å². The van der Waals surface area contributed by atoms with E-state index in [2.05, 4.69) is 15.6 Å². The molecular formula is C21H27FN4O3. The number of aromatic nitrogens is 1. The highest BCUT2D eigenvalue weighted by Gasteiger charge is 2.57. The van der Waals surface area contributed by atoms with Crippen molar-refractivity contribution < 1.29 is 18.7 Å². The van der Waals surface area contributed by atoms with Crippen molar-refractivity contribution in [1.29, 1.82) is 0 Å². The van der Waals surface area contributed by atoms with Gasteiger partial charge in [0.15, 0.2) is 11.6 Å². The molecule has 5 fully saturated rings. The minimum absolute atomic E-state index is 0.0366. The highest BCUT2D eigenvalue weighted by atomic mass is 19.1. The van der Waals surface area contributed by atoms with Crippen molar-refractivity contribution in [3.63, 3.8) is 0 Å². The molecular weight excluding hydrogens is 375 g/mol. The first-order chi connectivity index (χ1) is 14.0. The Morgan fingerprint density at radius 1 is 1.31 bits per heavy atom. The lowest BCUT2D eigenvalue weighted by Crippen LogP contribution is -2.63. The largest absolute Gasteiger partial charge is 0.446 e. The fourth-order valence-electron chi connectivity index (χ4n) is 6.39. The molecule has 6 rings (SSSR count). The quantitative estimate of drug-likeness (QED) is 0.740. The van der Waals surface area contributed by atoms with Gasteiger partial charge in [0, 0.05) is 30.9 Å². The Morgan fingerprint density at radius 3 is 2.83 bits per heavy atom. The van der Waals surface area contributed by atoms with Crippen LogP contribution in [-0.4, -0.2) is 53.2 Å². The Hall–Kier alpha value is -2.38. The Bertz CT molecular complexity index is 790. The molecule has 2 heterocycles. The predicted molar refractivity (Wildman–Crippen MR) is 104 cm³/mol. The van der Waals surface area contributed by atoms with Crippen LogP contribution in [0.2, 0.25) is 0 Å². The van der Waals surface area contributed by atoms with E-state index in [0.29, 0.717) is 30.8 Å². The summed E-state index contributed by atoms with van der Waals surface area (Å²) in [4.78, 5) is 29.6. The summed E-state index contributed by atoms with van der Waals surface area (Å²) in [6.07, 6.45) is 7.81. The Balaban J connectivity index is 1.19. The highest BCUT2D eigenvalue weighted by Crippen LogP contribution is 2.56. The minimum atomic E-state index is -0.389. The summed E-state index contributed by atoms with van der Waals surface area (Å²) in [6.45, 7) is 1.07. The second kappa shape index (κ2) is 7.15. The normalized spacial score (nSPS) is 37.4. The van der Waals surface area contributed by atoms with Gasteiger partial charge in [-0.2, -0.15) is 0 Å². The number of nitrogens with one attached hydrogen (secondary N) is 2. The molecule has 1 saturated heterocycles. The lowest BCUT2D eigenvalue weighted by Gasteiger charge is -2.59. The molecule has 0 radical (unpaired) electrons. The third kappa shape index (κ3) is 3.42. The molecule has 0 spiro atoms. The number of halogens is 1. The highest BCUT2D eigenvalue weighted by molar-refractivity contribution is 5.68. The number of anilines is 1. The van der Waals surface area contributed by atoms with E-state index < -0.39 is 0 Å². The van der Waals surface area contributed by atoms with Gasteiger partial charge in [-0.3, -0.25) is 4.79 Å². The van der Waals surface area contributed by atoms with Crippen LogP contribution >= 0.6 is 0 Å². The smallest absolute Gasteiger partial charge is 0.410 e. The first-order valence-corrected chi connectivity index (χ1v) is 10.6. The number of ether oxygens (including phenoxy) is 1. The van der Waals surface area contributed by atoms with Crippen molar-refractivity contribution in [2.75, 3.05) is 18.4 Å². The van der Waals surface area contributed by atoms with Gasteiger partial charge >= 0.3 is 6.09 Å². The minimum Gasteiger partial charge on any atom is -0.446 e. The third-order valence-electron chi connectivity index (χ3n) is 7.33. The predicted octanol–water partition coefficient (Wildman–Crippen LogP) is 2.54. The van der Waals surface area contributed by atoms with Crippen LogP contribution in [0.5, 0.6) is 0 Å². The molecule has 7 nitrogen and oxygen atoms in total. The first kappa shape index (κ1) is 18.6. The Kier molecular flexibility index (Phi) is 4.59. The van der Waals surface area contributed by atoms with E-state index in [0.717, 1.165) is 44.9 Å². The number of amides is 2. The lowest BCUT2D eigenvalue weighted by molar-refractivity contribution is -0.130. The molecule has 2 amide bonds. The molecule has 1 aromatic heterocycles. The Morgan fingerprint density at radius 2 is 2.10 bits per heavy atom. The van der Waals surface area contributed by atoms with Crippen molar-refractivity contribution in [2.45, 2.75) is 56.2 Å². The lowest BCUT2D eigenvalue weighted by atomic mass is 9.51. The fourth-order valence-corrected chi connectivity index (χ4v) is 6.39. The molecule has 4 bridgehead atoms. The molecule has 5 aliphatic rings. The summed E-state index contributed by atoms with van der Waals surface area (Å²) in [5.41, 5.74) is -0.0867. The average Bonchev–Trinajstić information content (AvgIpc) is 3.15. The van der Waals surface area contributed by atoms with Crippen molar-refractivity contribution in [1.82, 2.24) is 15.2 Å². The van der Waals surface area contributed by atoms with Crippen LogP contribution in [0.25, 0.3) is 0 Å². The van der Waals surface area contributed by atoms with E-state index in [-0.39, 0.29) is 35.4 Å². The summed E-state index contributed by atoms with van der Waals surface area (Å²) < 4.78 is 19.8. The van der Waals surface area contributed by atoms with Crippen LogP contribution in [0.15, 0.2) is 18.3 Å². The standard InChI is InChI=1S/C21H27FN4O3/c22-17-2-1-4-23-19(17)25-16-3-5-26(11-16)20(28)29-18-14-6-13-7-15(18)10-21(8-13,9-14)24-12-27/h1-2,4,12-16,18H,3,5-11H2,(H,23,25)(H,24,27)/t13?,14?,15?,16-,18?,21?/m1/s1. The maximum absolute atomic E-state index is 13.8. The molecule has 8 heteroatoms. The van der Waals surface area contributed by atoms with Crippen LogP contribution in [0, 0.1) is 23.6 Å². The molecule has 1 aliphatic heterocycles. The summed E-state index contributed by atoms with van der Waals surface area (Å²) >= 11 is 0. The SMILES string of the molecule is O=CNC12CC3CC(C1)C(OC(=O)N1CC[C@@H](Nc4ncccc4F)C1)C(C3)C2.